The molecule has 9 nitrogen and oxygen atoms in total. The zero-order valence-corrected chi connectivity index (χ0v) is 28.7. The van der Waals surface area contributed by atoms with Crippen LogP contribution in [-0.4, -0.2) is 56.6 Å². The number of nitrogens with zero attached hydrogens (tertiary/aromatic N) is 6. The van der Waals surface area contributed by atoms with E-state index in [2.05, 4.69) is 135 Å². The summed E-state index contributed by atoms with van der Waals surface area (Å²) in [4.78, 5) is 15.0. The summed E-state index contributed by atoms with van der Waals surface area (Å²) in [6.07, 6.45) is 2.49. The molecule has 0 amide bonds. The van der Waals surface area contributed by atoms with E-state index >= 15 is 0 Å². The first-order valence-electron chi connectivity index (χ1n) is 16.6. The molecule has 50 heavy (non-hydrogen) atoms. The third kappa shape index (κ3) is 5.91. The Morgan fingerprint density at radius 2 is 1.36 bits per heavy atom. The van der Waals surface area contributed by atoms with Gasteiger partial charge in [0.2, 0.25) is 5.66 Å². The molecule has 0 saturated carbocycles. The molecule has 2 heterocycles. The van der Waals surface area contributed by atoms with Gasteiger partial charge in [0.05, 0.1) is 25.5 Å². The van der Waals surface area contributed by atoms with Crippen LogP contribution in [0, 0.1) is 0 Å². The molecule has 1 aromatic heterocycles. The van der Waals surface area contributed by atoms with Crippen LogP contribution in [0.5, 0.6) is 0 Å². The molecule has 0 aliphatic carbocycles. The van der Waals surface area contributed by atoms with Crippen molar-refractivity contribution in [2.24, 2.45) is 4.40 Å². The highest BCUT2D eigenvalue weighted by Gasteiger charge is 2.47. The Hall–Kier alpha value is -5.42. The number of aromatic nitrogens is 4. The molecule has 0 spiro atoms. The maximum atomic E-state index is 13.0. The van der Waals surface area contributed by atoms with Crippen molar-refractivity contribution in [3.63, 3.8) is 0 Å². The average Bonchev–Trinajstić information content (AvgIpc) is 3.89. The summed E-state index contributed by atoms with van der Waals surface area (Å²) in [5, 5.41) is 13.8. The average molecular weight is 680 g/mol. The van der Waals surface area contributed by atoms with E-state index in [4.69, 9.17) is 15.0 Å². The molecule has 1 unspecified atom stereocenters. The molecule has 7 rings (SSSR count). The molecule has 5 aromatic carbocycles. The third-order valence-electron chi connectivity index (χ3n) is 9.15. The van der Waals surface area contributed by atoms with Gasteiger partial charge in [-0.05, 0) is 50.2 Å². The maximum absolute atomic E-state index is 13.0. The van der Waals surface area contributed by atoms with Gasteiger partial charge < -0.3 is 4.74 Å². The van der Waals surface area contributed by atoms with E-state index in [0.717, 1.165) is 57.5 Å². The molecule has 0 radical (unpaired) electrons. The van der Waals surface area contributed by atoms with E-state index < -0.39 is 11.2 Å². The summed E-state index contributed by atoms with van der Waals surface area (Å²) >= 11 is 1.15. The number of rotatable bonds is 12. The van der Waals surface area contributed by atoms with Crippen molar-refractivity contribution < 1.29 is 9.53 Å². The molecule has 1 atom stereocenters. The van der Waals surface area contributed by atoms with Crippen molar-refractivity contribution in [3.05, 3.63) is 162 Å². The van der Waals surface area contributed by atoms with E-state index in [9.17, 15) is 4.79 Å². The molecule has 1 aliphatic rings. The van der Waals surface area contributed by atoms with Gasteiger partial charge in [-0.2, -0.15) is 0 Å². The minimum atomic E-state index is -1.12. The van der Waals surface area contributed by atoms with E-state index in [1.54, 1.807) is 6.21 Å². The lowest BCUT2D eigenvalue weighted by Crippen LogP contribution is -2.62. The van der Waals surface area contributed by atoms with Gasteiger partial charge in [-0.25, -0.2) is 18.6 Å². The van der Waals surface area contributed by atoms with Crippen LogP contribution < -0.4 is 4.72 Å². The van der Waals surface area contributed by atoms with Crippen LogP contribution in [-0.2, 0) is 21.6 Å². The highest BCUT2D eigenvalue weighted by atomic mass is 32.2. The van der Waals surface area contributed by atoms with Gasteiger partial charge in [0.15, 0.2) is 5.82 Å². The Bertz CT molecular complexity index is 1980. The number of esters is 1. The Balaban J connectivity index is 1.32. The van der Waals surface area contributed by atoms with Crippen LogP contribution in [0.3, 0.4) is 0 Å². The first-order chi connectivity index (χ1) is 24.6. The van der Waals surface area contributed by atoms with Gasteiger partial charge in [0.25, 0.3) is 0 Å². The number of benzene rings is 5. The van der Waals surface area contributed by atoms with E-state index in [1.165, 1.54) is 7.11 Å². The number of methoxy groups -OCH3 is 1. The summed E-state index contributed by atoms with van der Waals surface area (Å²) in [7, 11) is 1.40. The van der Waals surface area contributed by atoms with Crippen LogP contribution in [0.4, 0.5) is 0 Å². The summed E-state index contributed by atoms with van der Waals surface area (Å²) in [5.41, 5.74) is 5.08. The summed E-state index contributed by atoms with van der Waals surface area (Å²) < 4.78 is 14.5. The summed E-state index contributed by atoms with van der Waals surface area (Å²) in [6, 6.07) is 47.8. The van der Waals surface area contributed by atoms with Crippen molar-refractivity contribution in [2.75, 3.05) is 13.7 Å². The zero-order chi connectivity index (χ0) is 34.4. The molecular formula is C40H37N7O2S. The van der Waals surface area contributed by atoms with Gasteiger partial charge >= 0.3 is 5.97 Å². The third-order valence-corrected chi connectivity index (χ3v) is 9.76. The molecule has 6 aromatic rings. The molecule has 1 N–H and O–H groups in total. The number of tetrazole rings is 1. The van der Waals surface area contributed by atoms with E-state index in [1.807, 2.05) is 35.0 Å². The van der Waals surface area contributed by atoms with E-state index in [0.29, 0.717) is 18.9 Å². The topological polar surface area (TPSA) is 97.5 Å². The van der Waals surface area contributed by atoms with E-state index in [-0.39, 0.29) is 5.97 Å². The minimum Gasteiger partial charge on any atom is -0.466 e. The van der Waals surface area contributed by atoms with Crippen molar-refractivity contribution in [2.45, 2.75) is 31.1 Å². The molecule has 10 heteroatoms. The standard InChI is InChI=1S/C40H37N7O2S/c1-3-27-46(39(38(48)49-2)29-41-50-43-39)28-30-23-25-31(26-24-30)35-21-13-14-22-36(35)37-42-44-45-47(37)40(32-15-7-4-8-16-32,33-17-9-5-10-18-33)34-19-11-6-12-20-34/h4-26,29,43H,3,27-28H2,1-2H3. The first kappa shape index (κ1) is 33.1. The van der Waals surface area contributed by atoms with Crippen LogP contribution >= 0.6 is 12.1 Å². The van der Waals surface area contributed by atoms with Crippen LogP contribution in [0.2, 0.25) is 0 Å². The predicted octanol–water partition coefficient (Wildman–Crippen LogP) is 7.17. The molecule has 1 aliphatic heterocycles. The van der Waals surface area contributed by atoms with Crippen molar-refractivity contribution in [1.82, 2.24) is 29.8 Å². The van der Waals surface area contributed by atoms with Crippen molar-refractivity contribution in [1.29, 1.82) is 0 Å². The van der Waals surface area contributed by atoms with Gasteiger partial charge in [0, 0.05) is 18.7 Å². The van der Waals surface area contributed by atoms with Gasteiger partial charge in [-0.3, -0.25) is 4.90 Å². The second-order valence-corrected chi connectivity index (χ2v) is 12.7. The Morgan fingerprint density at radius 3 is 1.88 bits per heavy atom. The molecular weight excluding hydrogens is 643 g/mol. The normalized spacial score (nSPS) is 15.7. The first-order valence-corrected chi connectivity index (χ1v) is 17.3. The predicted molar refractivity (Wildman–Crippen MR) is 198 cm³/mol. The Morgan fingerprint density at radius 1 is 0.800 bits per heavy atom. The maximum Gasteiger partial charge on any atom is 0.348 e. The van der Waals surface area contributed by atoms with Gasteiger partial charge in [0.1, 0.15) is 5.54 Å². The number of carbonyl (C=O) groups is 1. The lowest BCUT2D eigenvalue weighted by Gasteiger charge is -2.36. The van der Waals surface area contributed by atoms with Crippen molar-refractivity contribution >= 4 is 24.3 Å². The Kier molecular flexibility index (Phi) is 9.66. The molecule has 250 valence electrons. The highest BCUT2D eigenvalue weighted by Crippen LogP contribution is 2.43. The minimum absolute atomic E-state index is 0.388. The monoisotopic (exact) mass is 679 g/mol. The number of hydrogen-bond acceptors (Lipinski definition) is 9. The fraction of sp³-hybridized carbons (Fsp3) is 0.175. The Labute approximate surface area is 296 Å². The fourth-order valence-electron chi connectivity index (χ4n) is 6.83. The lowest BCUT2D eigenvalue weighted by atomic mass is 9.77. The SMILES string of the molecule is CCCN(Cc1ccc(-c2ccccc2-c2nnnn2C(c2ccccc2)(c2ccccc2)c2ccccc2)cc1)C1(C(=O)OC)C=NSN1. The van der Waals surface area contributed by atoms with Crippen molar-refractivity contribution in [3.8, 4) is 22.5 Å². The molecule has 0 saturated heterocycles. The molecule has 0 bridgehead atoms. The fourth-order valence-corrected chi connectivity index (χ4v) is 7.49. The van der Waals surface area contributed by atoms with Gasteiger partial charge in [-0.1, -0.05) is 146 Å². The van der Waals surface area contributed by atoms with Gasteiger partial charge in [-0.15, -0.1) is 5.10 Å². The zero-order valence-electron chi connectivity index (χ0n) is 27.9. The number of ether oxygens (including phenoxy) is 1. The largest absolute Gasteiger partial charge is 0.466 e. The summed E-state index contributed by atoms with van der Waals surface area (Å²) in [6.45, 7) is 3.29. The highest BCUT2D eigenvalue weighted by molar-refractivity contribution is 7.96. The number of carbonyl (C=O) groups excluding carboxylic acids is 1. The smallest absolute Gasteiger partial charge is 0.348 e. The number of hydrogen-bond donors (Lipinski definition) is 1. The second-order valence-electron chi connectivity index (χ2n) is 12.1. The van der Waals surface area contributed by atoms with Crippen LogP contribution in [0.1, 0.15) is 35.6 Å². The lowest BCUT2D eigenvalue weighted by molar-refractivity contribution is -0.151. The quantitative estimate of drug-likeness (QED) is 0.0827. The summed E-state index contributed by atoms with van der Waals surface area (Å²) in [5.74, 6) is 0.250. The second kappa shape index (κ2) is 14.6. The molecule has 0 fully saturated rings. The van der Waals surface area contributed by atoms with Crippen LogP contribution in [0.25, 0.3) is 22.5 Å². The number of nitrogens with one attached hydrogen (secondary N) is 1. The van der Waals surface area contributed by atoms with Crippen LogP contribution in [0.15, 0.2) is 144 Å².